The average Bonchev–Trinajstić information content (AvgIpc) is 2.33. The number of nitrogens with zero attached hydrogens (tertiary/aromatic N) is 1. The van der Waals surface area contributed by atoms with E-state index in [0.29, 0.717) is 11.3 Å². The number of nitrogens with one attached hydrogen (secondary N) is 2. The summed E-state index contributed by atoms with van der Waals surface area (Å²) >= 11 is 0. The fourth-order valence-electron chi connectivity index (χ4n) is 1.49. The van der Waals surface area contributed by atoms with Crippen molar-refractivity contribution in [2.75, 3.05) is 11.9 Å². The lowest BCUT2D eigenvalue weighted by molar-refractivity contribution is -0.152. The van der Waals surface area contributed by atoms with Crippen LogP contribution in [0, 0.1) is 5.41 Å². The van der Waals surface area contributed by atoms with Crippen molar-refractivity contribution in [1.29, 1.82) is 5.41 Å². The summed E-state index contributed by atoms with van der Waals surface area (Å²) in [5.74, 6) is -0.766. The van der Waals surface area contributed by atoms with Gasteiger partial charge in [-0.3, -0.25) is 20.0 Å². The minimum absolute atomic E-state index is 0.0544. The Morgan fingerprint density at radius 2 is 2.05 bits per heavy atom. The van der Waals surface area contributed by atoms with Crippen molar-refractivity contribution in [2.45, 2.75) is 33.3 Å². The van der Waals surface area contributed by atoms with Crippen LogP contribution in [0.25, 0.3) is 0 Å². The van der Waals surface area contributed by atoms with Crippen molar-refractivity contribution in [3.63, 3.8) is 0 Å². The van der Waals surface area contributed by atoms with E-state index in [1.54, 1.807) is 26.8 Å². The van der Waals surface area contributed by atoms with Crippen molar-refractivity contribution >= 4 is 23.2 Å². The maximum atomic E-state index is 11.6. The summed E-state index contributed by atoms with van der Waals surface area (Å²) in [6, 6.07) is 1.56. The Hall–Kier alpha value is -2.24. The molecule has 0 aliphatic heterocycles. The molecule has 0 radical (unpaired) electrons. The number of Topliss-reactive ketones (excluding diaryl/α,β-unsaturated/α-hetero) is 1. The lowest BCUT2D eigenvalue weighted by Crippen LogP contribution is -2.28. The highest BCUT2D eigenvalue weighted by Gasteiger charge is 2.17. The molecule has 0 saturated carbocycles. The highest BCUT2D eigenvalue weighted by atomic mass is 16.6. The molecule has 0 saturated heterocycles. The summed E-state index contributed by atoms with van der Waals surface area (Å²) in [5.41, 5.74) is 0.191. The number of esters is 1. The van der Waals surface area contributed by atoms with Crippen molar-refractivity contribution in [3.8, 4) is 0 Å². The lowest BCUT2D eigenvalue weighted by atomic mass is 10.1. The Balaban J connectivity index is 2.76. The van der Waals surface area contributed by atoms with Crippen LogP contribution in [0.4, 0.5) is 5.69 Å². The van der Waals surface area contributed by atoms with Gasteiger partial charge in [-0.15, -0.1) is 0 Å². The molecule has 0 bridgehead atoms. The van der Waals surface area contributed by atoms with Gasteiger partial charge in [0, 0.05) is 18.7 Å². The van der Waals surface area contributed by atoms with E-state index < -0.39 is 11.6 Å². The average molecular weight is 277 g/mol. The molecule has 1 rings (SSSR count). The Labute approximate surface area is 118 Å². The summed E-state index contributed by atoms with van der Waals surface area (Å²) in [5, 5.41) is 10.6. The van der Waals surface area contributed by atoms with Gasteiger partial charge in [-0.2, -0.15) is 0 Å². The minimum Gasteiger partial charge on any atom is -0.459 e. The molecule has 108 valence electrons. The highest BCUT2D eigenvalue weighted by molar-refractivity contribution is 6.45. The van der Waals surface area contributed by atoms with Crippen LogP contribution in [0.3, 0.4) is 0 Å². The summed E-state index contributed by atoms with van der Waals surface area (Å²) in [6.07, 6.45) is 2.96. The maximum absolute atomic E-state index is 11.6. The number of aromatic nitrogens is 1. The third-order valence-electron chi connectivity index (χ3n) is 2.29. The molecule has 6 heteroatoms. The van der Waals surface area contributed by atoms with Gasteiger partial charge in [0.1, 0.15) is 17.9 Å². The number of pyridine rings is 1. The van der Waals surface area contributed by atoms with E-state index in [1.807, 2.05) is 0 Å². The molecule has 2 N–H and O–H groups in total. The quantitative estimate of drug-likeness (QED) is 0.632. The first kappa shape index (κ1) is 15.8. The van der Waals surface area contributed by atoms with E-state index >= 15 is 0 Å². The van der Waals surface area contributed by atoms with E-state index in [9.17, 15) is 9.59 Å². The Morgan fingerprint density at radius 3 is 2.60 bits per heavy atom. The smallest absolute Gasteiger partial charge is 0.325 e. The number of hydrogen-bond donors (Lipinski definition) is 2. The van der Waals surface area contributed by atoms with Crippen molar-refractivity contribution in [1.82, 2.24) is 4.98 Å². The predicted octanol–water partition coefficient (Wildman–Crippen LogP) is 1.79. The van der Waals surface area contributed by atoms with Gasteiger partial charge in [0.05, 0.1) is 11.9 Å². The number of anilines is 1. The van der Waals surface area contributed by atoms with Gasteiger partial charge in [0.25, 0.3) is 0 Å². The van der Waals surface area contributed by atoms with Gasteiger partial charge in [0.2, 0.25) is 0 Å². The summed E-state index contributed by atoms with van der Waals surface area (Å²) in [6.45, 7) is 6.62. The lowest BCUT2D eigenvalue weighted by Gasteiger charge is -2.20. The van der Waals surface area contributed by atoms with Crippen LogP contribution in [0.2, 0.25) is 0 Å². The first-order chi connectivity index (χ1) is 9.20. The van der Waals surface area contributed by atoms with Crippen molar-refractivity contribution in [2.24, 2.45) is 0 Å². The van der Waals surface area contributed by atoms with E-state index in [2.05, 4.69) is 10.3 Å². The van der Waals surface area contributed by atoms with Crippen molar-refractivity contribution in [3.05, 3.63) is 24.0 Å². The van der Waals surface area contributed by atoms with Gasteiger partial charge in [-0.25, -0.2) is 0 Å². The molecule has 0 unspecified atom stereocenters. The molecule has 0 spiro atoms. The fourth-order valence-corrected chi connectivity index (χ4v) is 1.49. The zero-order valence-corrected chi connectivity index (χ0v) is 12.1. The number of carbonyl (C=O) groups excluding carboxylic acids is 2. The molecule has 0 atom stereocenters. The normalized spacial score (nSPS) is 10.8. The van der Waals surface area contributed by atoms with E-state index in [-0.39, 0.29) is 18.0 Å². The Kier molecular flexibility index (Phi) is 4.96. The van der Waals surface area contributed by atoms with Crippen LogP contribution in [-0.4, -0.2) is 34.6 Å². The Morgan fingerprint density at radius 1 is 1.40 bits per heavy atom. The van der Waals surface area contributed by atoms with Crippen LogP contribution in [0.15, 0.2) is 18.5 Å². The SMILES string of the molecule is CC(=O)C(=N)c1ccncc1NCC(=O)OC(C)(C)C. The van der Waals surface area contributed by atoms with Crippen LogP contribution in [0.1, 0.15) is 33.3 Å². The third kappa shape index (κ3) is 4.79. The largest absolute Gasteiger partial charge is 0.459 e. The molecular weight excluding hydrogens is 258 g/mol. The number of carbonyl (C=O) groups is 2. The monoisotopic (exact) mass is 277 g/mol. The summed E-state index contributed by atoms with van der Waals surface area (Å²) in [4.78, 5) is 26.8. The molecule has 0 aliphatic rings. The van der Waals surface area contributed by atoms with E-state index in [1.165, 1.54) is 19.3 Å². The summed E-state index contributed by atoms with van der Waals surface area (Å²) < 4.78 is 5.16. The Bertz CT molecular complexity index is 533. The second-order valence-electron chi connectivity index (χ2n) is 5.29. The number of hydrogen-bond acceptors (Lipinski definition) is 6. The summed E-state index contributed by atoms with van der Waals surface area (Å²) in [7, 11) is 0. The zero-order chi connectivity index (χ0) is 15.3. The second kappa shape index (κ2) is 6.27. The van der Waals surface area contributed by atoms with Crippen molar-refractivity contribution < 1.29 is 14.3 Å². The molecule has 20 heavy (non-hydrogen) atoms. The van der Waals surface area contributed by atoms with Crippen LogP contribution in [-0.2, 0) is 14.3 Å². The van der Waals surface area contributed by atoms with Crippen LogP contribution in [0.5, 0.6) is 0 Å². The molecule has 0 aromatic carbocycles. The molecule has 0 fully saturated rings. The van der Waals surface area contributed by atoms with Gasteiger partial charge in [-0.05, 0) is 26.8 Å². The topological polar surface area (TPSA) is 92.1 Å². The zero-order valence-electron chi connectivity index (χ0n) is 12.1. The number of ether oxygens (including phenoxy) is 1. The second-order valence-corrected chi connectivity index (χ2v) is 5.29. The van der Waals surface area contributed by atoms with Crippen LogP contribution < -0.4 is 5.32 Å². The molecule has 1 heterocycles. The molecule has 6 nitrogen and oxygen atoms in total. The van der Waals surface area contributed by atoms with Gasteiger partial charge < -0.3 is 10.1 Å². The first-order valence-corrected chi connectivity index (χ1v) is 6.20. The van der Waals surface area contributed by atoms with E-state index in [4.69, 9.17) is 10.1 Å². The van der Waals surface area contributed by atoms with Gasteiger partial charge in [-0.1, -0.05) is 0 Å². The number of ketones is 1. The van der Waals surface area contributed by atoms with Crippen LogP contribution >= 0.6 is 0 Å². The highest BCUT2D eigenvalue weighted by Crippen LogP contribution is 2.15. The molecule has 1 aromatic heterocycles. The third-order valence-corrected chi connectivity index (χ3v) is 2.29. The predicted molar refractivity (Wildman–Crippen MR) is 76.1 cm³/mol. The van der Waals surface area contributed by atoms with Gasteiger partial charge >= 0.3 is 5.97 Å². The first-order valence-electron chi connectivity index (χ1n) is 6.20. The number of rotatable bonds is 5. The molecule has 0 aliphatic carbocycles. The van der Waals surface area contributed by atoms with E-state index in [0.717, 1.165) is 0 Å². The molecule has 1 aromatic rings. The van der Waals surface area contributed by atoms with Gasteiger partial charge in [0.15, 0.2) is 5.78 Å². The fraction of sp³-hybridized carbons (Fsp3) is 0.429. The molecular formula is C14H19N3O3. The molecule has 0 amide bonds. The standard InChI is InChI=1S/C14H19N3O3/c1-9(18)13(15)10-5-6-16-7-11(10)17-8-12(19)20-14(2,3)4/h5-7,15,17H,8H2,1-4H3. The minimum atomic E-state index is -0.553. The maximum Gasteiger partial charge on any atom is 0.325 e.